The Hall–Kier alpha value is -3.17. The van der Waals surface area contributed by atoms with Crippen LogP contribution in [0.5, 0.6) is 0 Å². The smallest absolute Gasteiger partial charge is 0.242 e. The number of carbonyl (C=O) groups excluding carboxylic acids is 2. The number of amides is 2. The van der Waals surface area contributed by atoms with Crippen LogP contribution in [0.3, 0.4) is 0 Å². The summed E-state index contributed by atoms with van der Waals surface area (Å²) in [4.78, 5) is 28.0. The van der Waals surface area contributed by atoms with Gasteiger partial charge in [0.15, 0.2) is 0 Å². The highest BCUT2D eigenvalue weighted by molar-refractivity contribution is 5.87. The maximum atomic E-state index is 12.5. The van der Waals surface area contributed by atoms with Crippen LogP contribution >= 0.6 is 0 Å². The molecule has 0 unspecified atom stereocenters. The number of carbonyl (C=O) groups is 2. The highest BCUT2D eigenvalue weighted by atomic mass is 16.3. The highest BCUT2D eigenvalue weighted by Crippen LogP contribution is 2.43. The molecule has 4 rings (SSSR count). The molecule has 2 aliphatic rings. The summed E-state index contributed by atoms with van der Waals surface area (Å²) in [5.41, 5.74) is 3.75. The molecule has 0 aromatic heterocycles. The van der Waals surface area contributed by atoms with E-state index in [4.69, 9.17) is 5.26 Å². The third-order valence-electron chi connectivity index (χ3n) is 6.05. The van der Waals surface area contributed by atoms with Crippen molar-refractivity contribution in [2.24, 2.45) is 0 Å². The van der Waals surface area contributed by atoms with Crippen LogP contribution in [0.4, 0.5) is 0 Å². The highest BCUT2D eigenvalue weighted by Gasteiger charge is 2.54. The minimum atomic E-state index is -0.243. The van der Waals surface area contributed by atoms with Crippen molar-refractivity contribution in [2.75, 3.05) is 19.7 Å². The topological polar surface area (TPSA) is 84.6 Å². The quantitative estimate of drug-likeness (QED) is 0.868. The molecule has 6 heteroatoms. The van der Waals surface area contributed by atoms with Crippen molar-refractivity contribution in [1.29, 1.82) is 5.26 Å². The normalized spacial score (nSPS) is 23.2. The van der Waals surface area contributed by atoms with Crippen molar-refractivity contribution in [3.05, 3.63) is 59.7 Å². The lowest BCUT2D eigenvalue weighted by Gasteiger charge is -2.58. The van der Waals surface area contributed by atoms with Gasteiger partial charge >= 0.3 is 0 Å². The van der Waals surface area contributed by atoms with Crippen LogP contribution in [0, 0.1) is 11.3 Å². The summed E-state index contributed by atoms with van der Waals surface area (Å²) in [6.45, 7) is 2.32. The van der Waals surface area contributed by atoms with Crippen LogP contribution in [-0.2, 0) is 9.59 Å². The van der Waals surface area contributed by atoms with Crippen molar-refractivity contribution in [3.8, 4) is 17.2 Å². The van der Waals surface area contributed by atoms with Crippen molar-refractivity contribution in [1.82, 2.24) is 9.80 Å². The number of nitriles is 1. The Balaban J connectivity index is 1.57. The number of piperazine rings is 1. The number of fused-ring (bicyclic) bond motifs is 1. The van der Waals surface area contributed by atoms with Crippen LogP contribution in [-0.4, -0.2) is 58.5 Å². The van der Waals surface area contributed by atoms with Gasteiger partial charge in [-0.3, -0.25) is 9.59 Å². The Morgan fingerprint density at radius 3 is 2.31 bits per heavy atom. The Bertz CT molecular complexity index is 962. The van der Waals surface area contributed by atoms with E-state index < -0.39 is 0 Å². The number of rotatable bonds is 4. The first-order chi connectivity index (χ1) is 14.1. The zero-order valence-electron chi connectivity index (χ0n) is 16.3. The van der Waals surface area contributed by atoms with Crippen molar-refractivity contribution in [2.45, 2.75) is 31.3 Å². The molecule has 0 saturated carbocycles. The molecule has 2 aromatic carbocycles. The molecule has 0 spiro atoms. The average Bonchev–Trinajstić information content (AvgIpc) is 2.75. The lowest BCUT2D eigenvalue weighted by Crippen LogP contribution is -2.73. The molecular weight excluding hydrogens is 366 g/mol. The van der Waals surface area contributed by atoms with Crippen molar-refractivity contribution in [3.63, 3.8) is 0 Å². The number of aliphatic hydroxyl groups is 1. The van der Waals surface area contributed by atoms with Gasteiger partial charge < -0.3 is 14.9 Å². The molecule has 1 N–H and O–H groups in total. The molecule has 3 atom stereocenters. The van der Waals surface area contributed by atoms with Gasteiger partial charge in [-0.15, -0.1) is 0 Å². The second kappa shape index (κ2) is 7.69. The van der Waals surface area contributed by atoms with Gasteiger partial charge in [0.2, 0.25) is 11.8 Å². The van der Waals surface area contributed by atoms with Crippen molar-refractivity contribution >= 4 is 11.8 Å². The second-order valence-corrected chi connectivity index (χ2v) is 7.58. The summed E-state index contributed by atoms with van der Waals surface area (Å²) < 4.78 is 0. The van der Waals surface area contributed by atoms with Crippen LogP contribution < -0.4 is 0 Å². The monoisotopic (exact) mass is 389 g/mol. The molecule has 2 saturated heterocycles. The first-order valence-corrected chi connectivity index (χ1v) is 9.87. The van der Waals surface area contributed by atoms with Crippen LogP contribution in [0.2, 0.25) is 0 Å². The van der Waals surface area contributed by atoms with E-state index in [1.54, 1.807) is 28.9 Å². The molecule has 2 heterocycles. The standard InChI is InChI=1S/C23H23N3O3/c1-2-21(28)25-12-19-23(20(14-27)26(19)22(29)13-25)18-9-7-17(8-10-18)16-5-3-15(11-24)4-6-16/h3-10,19-20,23,27H,2,12-14H2,1H3/t19-,20+,23-/m0/s1. The molecule has 2 fully saturated rings. The summed E-state index contributed by atoms with van der Waals surface area (Å²) in [5.74, 6) is -0.0978. The fourth-order valence-electron chi connectivity index (χ4n) is 4.55. The van der Waals surface area contributed by atoms with E-state index in [2.05, 4.69) is 6.07 Å². The molecule has 148 valence electrons. The van der Waals surface area contributed by atoms with Gasteiger partial charge in [-0.1, -0.05) is 43.3 Å². The molecule has 0 bridgehead atoms. The van der Waals surface area contributed by atoms with Gasteiger partial charge in [0.05, 0.1) is 36.9 Å². The first-order valence-electron chi connectivity index (χ1n) is 9.87. The predicted octanol–water partition coefficient (Wildman–Crippen LogP) is 2.13. The van der Waals surface area contributed by atoms with Crippen LogP contribution in [0.1, 0.15) is 30.4 Å². The van der Waals surface area contributed by atoms with Gasteiger partial charge in [0.25, 0.3) is 0 Å². The molecule has 2 aromatic rings. The van der Waals surface area contributed by atoms with E-state index in [0.29, 0.717) is 18.5 Å². The number of hydrogen-bond donors (Lipinski definition) is 1. The summed E-state index contributed by atoms with van der Waals surface area (Å²) in [6, 6.07) is 17.3. The predicted molar refractivity (Wildman–Crippen MR) is 108 cm³/mol. The van der Waals surface area contributed by atoms with Crippen LogP contribution in [0.25, 0.3) is 11.1 Å². The lowest BCUT2D eigenvalue weighted by atomic mass is 9.73. The van der Waals surface area contributed by atoms with E-state index in [0.717, 1.165) is 16.7 Å². The Kier molecular flexibility index (Phi) is 5.08. The zero-order chi connectivity index (χ0) is 20.5. The zero-order valence-corrected chi connectivity index (χ0v) is 16.3. The van der Waals surface area contributed by atoms with Gasteiger partial charge in [0.1, 0.15) is 0 Å². The summed E-state index contributed by atoms with van der Waals surface area (Å²) in [6.07, 6.45) is 0.382. The minimum Gasteiger partial charge on any atom is -0.394 e. The van der Waals surface area contributed by atoms with E-state index in [-0.39, 0.29) is 43.0 Å². The third-order valence-corrected chi connectivity index (χ3v) is 6.05. The van der Waals surface area contributed by atoms with E-state index in [9.17, 15) is 14.7 Å². The maximum Gasteiger partial charge on any atom is 0.242 e. The largest absolute Gasteiger partial charge is 0.394 e. The van der Waals surface area contributed by atoms with E-state index >= 15 is 0 Å². The maximum absolute atomic E-state index is 12.5. The van der Waals surface area contributed by atoms with E-state index in [1.807, 2.05) is 36.4 Å². The fourth-order valence-corrected chi connectivity index (χ4v) is 4.55. The number of aliphatic hydroxyl groups excluding tert-OH is 1. The van der Waals surface area contributed by atoms with E-state index in [1.165, 1.54) is 0 Å². The van der Waals surface area contributed by atoms with Crippen LogP contribution in [0.15, 0.2) is 48.5 Å². The molecule has 29 heavy (non-hydrogen) atoms. The summed E-state index contributed by atoms with van der Waals surface area (Å²) >= 11 is 0. The molecule has 0 radical (unpaired) electrons. The van der Waals surface area contributed by atoms with Gasteiger partial charge in [-0.05, 0) is 28.8 Å². The number of benzene rings is 2. The minimum absolute atomic E-state index is 0.00595. The SMILES string of the molecule is CCC(=O)N1CC(=O)N2[C@H](CO)[C@@H](c3ccc(-c4ccc(C#N)cc4)cc3)[C@@H]2C1. The lowest BCUT2D eigenvalue weighted by molar-refractivity contribution is -0.166. The molecule has 0 aliphatic carbocycles. The Morgan fingerprint density at radius 2 is 1.76 bits per heavy atom. The Morgan fingerprint density at radius 1 is 1.14 bits per heavy atom. The van der Waals surface area contributed by atoms with Crippen molar-refractivity contribution < 1.29 is 14.7 Å². The average molecular weight is 389 g/mol. The van der Waals surface area contributed by atoms with Gasteiger partial charge in [-0.2, -0.15) is 5.26 Å². The van der Waals surface area contributed by atoms with Gasteiger partial charge in [0, 0.05) is 18.9 Å². The summed E-state index contributed by atoms with van der Waals surface area (Å²) in [7, 11) is 0. The molecule has 2 aliphatic heterocycles. The number of hydrogen-bond acceptors (Lipinski definition) is 4. The summed E-state index contributed by atoms with van der Waals surface area (Å²) in [5, 5.41) is 18.8. The molecule has 2 amide bonds. The number of nitrogens with zero attached hydrogens (tertiary/aromatic N) is 3. The third kappa shape index (κ3) is 3.28. The first kappa shape index (κ1) is 19.2. The second-order valence-electron chi connectivity index (χ2n) is 7.58. The molecular formula is C23H23N3O3. The Labute approximate surface area is 170 Å². The fraction of sp³-hybridized carbons (Fsp3) is 0.348. The van der Waals surface area contributed by atoms with Gasteiger partial charge in [-0.25, -0.2) is 0 Å². The molecule has 6 nitrogen and oxygen atoms in total.